The van der Waals surface area contributed by atoms with Crippen LogP contribution in [0.2, 0.25) is 0 Å². The summed E-state index contributed by atoms with van der Waals surface area (Å²) >= 11 is 1.60. The summed E-state index contributed by atoms with van der Waals surface area (Å²) in [5.41, 5.74) is 1.20. The maximum absolute atomic E-state index is 12.3. The Labute approximate surface area is 115 Å². The number of aliphatic hydroxyl groups is 1. The lowest BCUT2D eigenvalue weighted by Gasteiger charge is -2.13. The molecule has 0 fully saturated rings. The minimum Gasteiger partial charge on any atom is -0.391 e. The van der Waals surface area contributed by atoms with Crippen molar-refractivity contribution >= 4 is 11.3 Å². The molecular weight excluding hydrogens is 262 g/mol. The average Bonchev–Trinajstić information content (AvgIpc) is 2.94. The molecule has 1 N–H and O–H groups in total. The zero-order chi connectivity index (χ0) is 13.7. The number of methoxy groups -OCH3 is 1. The third kappa shape index (κ3) is 3.12. The van der Waals surface area contributed by atoms with Gasteiger partial charge in [-0.05, 0) is 30.0 Å². The molecule has 0 aromatic carbocycles. The van der Waals surface area contributed by atoms with Gasteiger partial charge in [0, 0.05) is 25.8 Å². The van der Waals surface area contributed by atoms with Crippen molar-refractivity contribution in [1.82, 2.24) is 4.57 Å². The Morgan fingerprint density at radius 2 is 2.21 bits per heavy atom. The highest BCUT2D eigenvalue weighted by molar-refractivity contribution is 7.13. The van der Waals surface area contributed by atoms with Crippen molar-refractivity contribution in [3.8, 4) is 10.6 Å². The van der Waals surface area contributed by atoms with Crippen LogP contribution in [-0.4, -0.2) is 23.4 Å². The largest absolute Gasteiger partial charge is 0.391 e. The lowest BCUT2D eigenvalue weighted by molar-refractivity contribution is 0.190. The molecule has 0 bridgehead atoms. The highest BCUT2D eigenvalue weighted by Crippen LogP contribution is 2.24. The summed E-state index contributed by atoms with van der Waals surface area (Å²) in [7, 11) is 1.65. The molecule has 19 heavy (non-hydrogen) atoms. The highest BCUT2D eigenvalue weighted by atomic mass is 32.1. The van der Waals surface area contributed by atoms with Crippen molar-refractivity contribution in [1.29, 1.82) is 0 Å². The fourth-order valence-corrected chi connectivity index (χ4v) is 2.73. The number of hydrogen-bond acceptors (Lipinski definition) is 4. The van der Waals surface area contributed by atoms with E-state index in [1.54, 1.807) is 29.1 Å². The second kappa shape index (κ2) is 6.65. The van der Waals surface area contributed by atoms with Gasteiger partial charge in [-0.2, -0.15) is 0 Å². The molecule has 0 aliphatic heterocycles. The van der Waals surface area contributed by atoms with Crippen LogP contribution in [0, 0.1) is 0 Å². The third-order valence-electron chi connectivity index (χ3n) is 2.93. The number of pyridine rings is 1. The minimum atomic E-state index is -0.228. The second-order valence-corrected chi connectivity index (χ2v) is 5.13. The molecule has 2 rings (SSSR count). The van der Waals surface area contributed by atoms with E-state index in [2.05, 4.69) is 0 Å². The van der Waals surface area contributed by atoms with Crippen LogP contribution in [0.4, 0.5) is 0 Å². The van der Waals surface area contributed by atoms with E-state index in [-0.39, 0.29) is 12.2 Å². The third-order valence-corrected chi connectivity index (χ3v) is 3.82. The molecule has 0 atom stereocenters. The van der Waals surface area contributed by atoms with Crippen LogP contribution in [0.3, 0.4) is 0 Å². The summed E-state index contributed by atoms with van der Waals surface area (Å²) in [6.07, 6.45) is 0.768. The summed E-state index contributed by atoms with van der Waals surface area (Å²) in [5.74, 6) is 0. The summed E-state index contributed by atoms with van der Waals surface area (Å²) in [6.45, 7) is 0.973. The van der Waals surface area contributed by atoms with Crippen LogP contribution >= 0.6 is 11.3 Å². The monoisotopic (exact) mass is 279 g/mol. The molecule has 2 aromatic rings. The zero-order valence-corrected chi connectivity index (χ0v) is 11.7. The topological polar surface area (TPSA) is 51.5 Å². The van der Waals surface area contributed by atoms with Crippen LogP contribution in [0.15, 0.2) is 34.4 Å². The lowest BCUT2D eigenvalue weighted by Crippen LogP contribution is -2.25. The van der Waals surface area contributed by atoms with E-state index in [4.69, 9.17) is 4.74 Å². The van der Waals surface area contributed by atoms with Crippen LogP contribution in [0.1, 0.15) is 12.0 Å². The number of thiophene rings is 1. The Bertz CT molecular complexity index is 575. The van der Waals surface area contributed by atoms with Gasteiger partial charge in [-0.25, -0.2) is 0 Å². The van der Waals surface area contributed by atoms with Crippen molar-refractivity contribution in [2.75, 3.05) is 13.7 Å². The average molecular weight is 279 g/mol. The van der Waals surface area contributed by atoms with Crippen molar-refractivity contribution in [3.05, 3.63) is 45.6 Å². The van der Waals surface area contributed by atoms with Crippen LogP contribution < -0.4 is 5.56 Å². The molecule has 0 aliphatic carbocycles. The van der Waals surface area contributed by atoms with Gasteiger partial charge < -0.3 is 14.4 Å². The quantitative estimate of drug-likeness (QED) is 0.824. The number of rotatable bonds is 6. The number of ether oxygens (including phenoxy) is 1. The standard InChI is InChI=1S/C14H17NO3S/c1-18-8-3-7-15-12(13-4-2-9-19-13)6-5-11(10-16)14(15)17/h2,4-6,9,16H,3,7-8,10H2,1H3. The summed E-state index contributed by atoms with van der Waals surface area (Å²) in [4.78, 5) is 13.3. The molecule has 2 heterocycles. The SMILES string of the molecule is COCCCn1c(-c2cccs2)ccc(CO)c1=O. The number of hydrogen-bond donors (Lipinski definition) is 1. The van der Waals surface area contributed by atoms with E-state index < -0.39 is 0 Å². The van der Waals surface area contributed by atoms with Crippen molar-refractivity contribution < 1.29 is 9.84 Å². The molecule has 4 nitrogen and oxygen atoms in total. The van der Waals surface area contributed by atoms with Crippen molar-refractivity contribution in [3.63, 3.8) is 0 Å². The summed E-state index contributed by atoms with van der Waals surface area (Å²) in [5, 5.41) is 11.2. The first-order chi connectivity index (χ1) is 9.27. The van der Waals surface area contributed by atoms with Gasteiger partial charge in [-0.1, -0.05) is 6.07 Å². The van der Waals surface area contributed by atoms with E-state index in [1.807, 2.05) is 23.6 Å². The molecular formula is C14H17NO3S. The van der Waals surface area contributed by atoms with Gasteiger partial charge in [-0.15, -0.1) is 11.3 Å². The first-order valence-corrected chi connectivity index (χ1v) is 7.02. The van der Waals surface area contributed by atoms with E-state index in [1.165, 1.54) is 0 Å². The molecule has 0 spiro atoms. The molecule has 0 saturated heterocycles. The molecule has 0 aliphatic rings. The van der Waals surface area contributed by atoms with Crippen LogP contribution in [0.5, 0.6) is 0 Å². The Morgan fingerprint density at radius 3 is 2.84 bits per heavy atom. The number of aliphatic hydroxyl groups excluding tert-OH is 1. The molecule has 0 unspecified atom stereocenters. The van der Waals surface area contributed by atoms with Crippen LogP contribution in [-0.2, 0) is 17.9 Å². The molecule has 102 valence electrons. The first-order valence-electron chi connectivity index (χ1n) is 6.14. The maximum atomic E-state index is 12.3. The highest BCUT2D eigenvalue weighted by Gasteiger charge is 2.10. The molecule has 0 radical (unpaired) electrons. The Hall–Kier alpha value is -1.43. The molecule has 0 amide bonds. The molecule has 2 aromatic heterocycles. The van der Waals surface area contributed by atoms with Gasteiger partial charge in [0.15, 0.2) is 0 Å². The van der Waals surface area contributed by atoms with E-state index >= 15 is 0 Å². The van der Waals surface area contributed by atoms with Gasteiger partial charge in [0.25, 0.3) is 5.56 Å². The summed E-state index contributed by atoms with van der Waals surface area (Å²) < 4.78 is 6.75. The summed E-state index contributed by atoms with van der Waals surface area (Å²) in [6, 6.07) is 7.55. The van der Waals surface area contributed by atoms with E-state index in [0.29, 0.717) is 18.7 Å². The zero-order valence-electron chi connectivity index (χ0n) is 10.8. The molecule has 5 heteroatoms. The minimum absolute atomic E-state index is 0.121. The van der Waals surface area contributed by atoms with Gasteiger partial charge in [0.05, 0.1) is 17.2 Å². The first kappa shape index (κ1) is 14.0. The normalized spacial score (nSPS) is 10.8. The Balaban J connectivity index is 2.42. The van der Waals surface area contributed by atoms with Gasteiger partial charge in [0.1, 0.15) is 0 Å². The van der Waals surface area contributed by atoms with Gasteiger partial charge in [0.2, 0.25) is 0 Å². The maximum Gasteiger partial charge on any atom is 0.256 e. The fourth-order valence-electron chi connectivity index (χ4n) is 1.97. The van der Waals surface area contributed by atoms with Crippen molar-refractivity contribution in [2.45, 2.75) is 19.6 Å². The van der Waals surface area contributed by atoms with E-state index in [0.717, 1.165) is 17.0 Å². The van der Waals surface area contributed by atoms with Crippen LogP contribution in [0.25, 0.3) is 10.6 Å². The second-order valence-electron chi connectivity index (χ2n) is 4.18. The Kier molecular flexibility index (Phi) is 4.90. The van der Waals surface area contributed by atoms with E-state index in [9.17, 15) is 9.90 Å². The predicted molar refractivity (Wildman–Crippen MR) is 76.4 cm³/mol. The molecule has 0 saturated carbocycles. The van der Waals surface area contributed by atoms with Gasteiger partial charge in [-0.3, -0.25) is 4.79 Å². The smallest absolute Gasteiger partial charge is 0.256 e. The number of nitrogens with zero attached hydrogens (tertiary/aromatic N) is 1. The number of aromatic nitrogens is 1. The van der Waals surface area contributed by atoms with Crippen molar-refractivity contribution in [2.24, 2.45) is 0 Å². The fraction of sp³-hybridized carbons (Fsp3) is 0.357. The lowest BCUT2D eigenvalue weighted by atomic mass is 10.2. The Morgan fingerprint density at radius 1 is 1.37 bits per heavy atom. The predicted octanol–water partition coefficient (Wildman–Crippen LogP) is 2.11. The van der Waals surface area contributed by atoms with Gasteiger partial charge >= 0.3 is 0 Å².